The quantitative estimate of drug-likeness (QED) is 0.462. The third kappa shape index (κ3) is 1.40. The van der Waals surface area contributed by atoms with Crippen molar-refractivity contribution >= 4 is 11.8 Å². The van der Waals surface area contributed by atoms with Gasteiger partial charge in [0.25, 0.3) is 0 Å². The molecule has 0 unspecified atom stereocenters. The standard InChI is InChI=1S/C17H10O3/c18-15-7-3-6-13-14(20-15)9-8-11-10-4-1-2-5-12(10)17(19)16(11)13/h1-5,7-9H,6H2. The number of ketones is 1. The molecule has 1 heterocycles. The molecule has 3 nitrogen and oxygen atoms in total. The molecule has 4 rings (SSSR count). The van der Waals surface area contributed by atoms with E-state index in [1.54, 1.807) is 12.1 Å². The summed E-state index contributed by atoms with van der Waals surface area (Å²) in [5.74, 6) is 0.102. The second-order valence-electron chi connectivity index (χ2n) is 4.87. The molecule has 0 amide bonds. The predicted molar refractivity (Wildman–Crippen MR) is 73.8 cm³/mol. The summed E-state index contributed by atoms with van der Waals surface area (Å²) >= 11 is 0. The number of esters is 1. The first-order chi connectivity index (χ1) is 9.75. The highest BCUT2D eigenvalue weighted by Crippen LogP contribution is 2.41. The molecule has 0 saturated heterocycles. The summed E-state index contributed by atoms with van der Waals surface area (Å²) in [7, 11) is 0. The molecule has 0 saturated carbocycles. The van der Waals surface area contributed by atoms with Crippen molar-refractivity contribution in [2.45, 2.75) is 6.42 Å². The molecule has 20 heavy (non-hydrogen) atoms. The zero-order valence-electron chi connectivity index (χ0n) is 10.6. The van der Waals surface area contributed by atoms with Crippen molar-refractivity contribution in [2.75, 3.05) is 0 Å². The molecule has 0 fully saturated rings. The molecule has 1 aliphatic carbocycles. The number of ether oxygens (including phenoxy) is 1. The van der Waals surface area contributed by atoms with Gasteiger partial charge in [-0.15, -0.1) is 0 Å². The minimum atomic E-state index is -0.397. The van der Waals surface area contributed by atoms with Gasteiger partial charge in [0.05, 0.1) is 0 Å². The summed E-state index contributed by atoms with van der Waals surface area (Å²) in [6.07, 6.45) is 3.67. The average molecular weight is 262 g/mol. The lowest BCUT2D eigenvalue weighted by atomic mass is 9.97. The van der Waals surface area contributed by atoms with Crippen LogP contribution in [0.15, 0.2) is 48.6 Å². The first-order valence-corrected chi connectivity index (χ1v) is 6.44. The predicted octanol–water partition coefficient (Wildman–Crippen LogP) is 2.92. The summed E-state index contributed by atoms with van der Waals surface area (Å²) in [4.78, 5) is 24.0. The van der Waals surface area contributed by atoms with Crippen LogP contribution < -0.4 is 4.74 Å². The van der Waals surface area contributed by atoms with Crippen LogP contribution in [0.4, 0.5) is 0 Å². The minimum Gasteiger partial charge on any atom is -0.423 e. The second kappa shape index (κ2) is 3.90. The number of fused-ring (bicyclic) bond motifs is 5. The molecule has 0 aromatic heterocycles. The van der Waals surface area contributed by atoms with E-state index in [-0.39, 0.29) is 5.78 Å². The van der Waals surface area contributed by atoms with Gasteiger partial charge in [-0.25, -0.2) is 4.79 Å². The molecule has 0 bridgehead atoms. The lowest BCUT2D eigenvalue weighted by Crippen LogP contribution is -2.06. The normalized spacial score (nSPS) is 15.2. The Labute approximate surface area is 115 Å². The van der Waals surface area contributed by atoms with Crippen molar-refractivity contribution in [1.29, 1.82) is 0 Å². The van der Waals surface area contributed by atoms with Crippen molar-refractivity contribution in [3.63, 3.8) is 0 Å². The van der Waals surface area contributed by atoms with Crippen LogP contribution in [0, 0.1) is 0 Å². The van der Waals surface area contributed by atoms with Crippen molar-refractivity contribution in [1.82, 2.24) is 0 Å². The van der Waals surface area contributed by atoms with E-state index in [4.69, 9.17) is 4.74 Å². The lowest BCUT2D eigenvalue weighted by molar-refractivity contribution is -0.128. The van der Waals surface area contributed by atoms with Gasteiger partial charge in [-0.3, -0.25) is 4.79 Å². The largest absolute Gasteiger partial charge is 0.423 e. The van der Waals surface area contributed by atoms with Gasteiger partial charge in [-0.05, 0) is 29.7 Å². The Bertz CT molecular complexity index is 800. The van der Waals surface area contributed by atoms with Gasteiger partial charge in [0, 0.05) is 22.8 Å². The van der Waals surface area contributed by atoms with Gasteiger partial charge in [0.2, 0.25) is 0 Å². The average Bonchev–Trinajstić information content (AvgIpc) is 2.62. The van der Waals surface area contributed by atoms with Crippen LogP contribution in [0.25, 0.3) is 11.1 Å². The number of hydrogen-bond acceptors (Lipinski definition) is 3. The van der Waals surface area contributed by atoms with Crippen LogP contribution in [0.5, 0.6) is 5.75 Å². The molecule has 1 aliphatic heterocycles. The van der Waals surface area contributed by atoms with Gasteiger partial charge in [0.15, 0.2) is 5.78 Å². The maximum Gasteiger partial charge on any atom is 0.335 e. The Morgan fingerprint density at radius 1 is 0.900 bits per heavy atom. The number of hydrogen-bond donors (Lipinski definition) is 0. The molecule has 0 atom stereocenters. The van der Waals surface area contributed by atoms with E-state index in [0.29, 0.717) is 17.7 Å². The number of benzene rings is 2. The first-order valence-electron chi connectivity index (χ1n) is 6.44. The first kappa shape index (κ1) is 11.2. The van der Waals surface area contributed by atoms with Crippen LogP contribution in [0.2, 0.25) is 0 Å². The van der Waals surface area contributed by atoms with Crippen LogP contribution in [-0.4, -0.2) is 11.8 Å². The number of allylic oxidation sites excluding steroid dienone is 1. The Balaban J connectivity index is 2.01. The Morgan fingerprint density at radius 3 is 2.55 bits per heavy atom. The van der Waals surface area contributed by atoms with Crippen LogP contribution in [0.3, 0.4) is 0 Å². The van der Waals surface area contributed by atoms with E-state index in [1.165, 1.54) is 6.08 Å². The number of rotatable bonds is 0. The molecule has 2 aromatic carbocycles. The zero-order valence-corrected chi connectivity index (χ0v) is 10.6. The number of carbonyl (C=O) groups is 2. The Hall–Kier alpha value is -2.68. The summed E-state index contributed by atoms with van der Waals surface area (Å²) in [6, 6.07) is 11.2. The third-order valence-electron chi connectivity index (χ3n) is 3.75. The lowest BCUT2D eigenvalue weighted by Gasteiger charge is -2.10. The maximum atomic E-state index is 12.6. The fraction of sp³-hybridized carbons (Fsp3) is 0.0588. The number of carbonyl (C=O) groups excluding carboxylic acids is 2. The van der Waals surface area contributed by atoms with Crippen LogP contribution in [-0.2, 0) is 11.2 Å². The topological polar surface area (TPSA) is 43.4 Å². The summed E-state index contributed by atoms with van der Waals surface area (Å²) in [5, 5.41) is 0. The van der Waals surface area contributed by atoms with E-state index in [2.05, 4.69) is 0 Å². The van der Waals surface area contributed by atoms with E-state index < -0.39 is 5.97 Å². The van der Waals surface area contributed by atoms with Gasteiger partial charge in [-0.2, -0.15) is 0 Å². The minimum absolute atomic E-state index is 0.0128. The molecule has 3 heteroatoms. The monoisotopic (exact) mass is 262 g/mol. The van der Waals surface area contributed by atoms with Crippen molar-refractivity contribution in [2.24, 2.45) is 0 Å². The molecule has 0 N–H and O–H groups in total. The Kier molecular flexibility index (Phi) is 2.18. The maximum absolute atomic E-state index is 12.6. The van der Waals surface area contributed by atoms with Crippen LogP contribution >= 0.6 is 0 Å². The molecular formula is C17H10O3. The van der Waals surface area contributed by atoms with Gasteiger partial charge < -0.3 is 4.74 Å². The molecule has 0 spiro atoms. The fourth-order valence-electron chi connectivity index (χ4n) is 2.88. The third-order valence-corrected chi connectivity index (χ3v) is 3.75. The zero-order chi connectivity index (χ0) is 13.7. The van der Waals surface area contributed by atoms with Crippen molar-refractivity contribution < 1.29 is 14.3 Å². The molecular weight excluding hydrogens is 252 g/mol. The smallest absolute Gasteiger partial charge is 0.335 e. The fourth-order valence-corrected chi connectivity index (χ4v) is 2.88. The Morgan fingerprint density at radius 2 is 1.70 bits per heavy atom. The highest BCUT2D eigenvalue weighted by atomic mass is 16.5. The van der Waals surface area contributed by atoms with E-state index in [1.807, 2.05) is 30.3 Å². The van der Waals surface area contributed by atoms with E-state index in [9.17, 15) is 9.59 Å². The molecule has 96 valence electrons. The summed E-state index contributed by atoms with van der Waals surface area (Å²) in [6.45, 7) is 0. The SMILES string of the molecule is O=C1C=CCc2c(ccc3c2C(=O)c2ccccc2-3)O1. The summed E-state index contributed by atoms with van der Waals surface area (Å²) in [5.41, 5.74) is 4.06. The van der Waals surface area contributed by atoms with Crippen molar-refractivity contribution in [3.05, 3.63) is 65.2 Å². The van der Waals surface area contributed by atoms with E-state index in [0.717, 1.165) is 22.3 Å². The van der Waals surface area contributed by atoms with Gasteiger partial charge in [0.1, 0.15) is 5.75 Å². The summed E-state index contributed by atoms with van der Waals surface area (Å²) < 4.78 is 5.25. The second-order valence-corrected chi connectivity index (χ2v) is 4.87. The van der Waals surface area contributed by atoms with Gasteiger partial charge in [-0.1, -0.05) is 30.3 Å². The van der Waals surface area contributed by atoms with Crippen LogP contribution in [0.1, 0.15) is 21.5 Å². The molecule has 2 aromatic rings. The van der Waals surface area contributed by atoms with Gasteiger partial charge >= 0.3 is 5.97 Å². The molecule has 0 radical (unpaired) electrons. The molecule has 2 aliphatic rings. The van der Waals surface area contributed by atoms with Crippen molar-refractivity contribution in [3.8, 4) is 16.9 Å². The van der Waals surface area contributed by atoms with E-state index >= 15 is 0 Å². The highest BCUT2D eigenvalue weighted by molar-refractivity contribution is 6.22. The highest BCUT2D eigenvalue weighted by Gasteiger charge is 2.31.